The molecule has 18 heteroatoms. The van der Waals surface area contributed by atoms with Gasteiger partial charge in [-0.1, -0.05) is 76.8 Å². The molecule has 2 unspecified atom stereocenters. The molecule has 8 amide bonds. The third-order valence-electron chi connectivity index (χ3n) is 10.5. The number of amides is 8. The molecule has 8 N–H and O–H groups in total. The maximum Gasteiger partial charge on any atom is 0.407 e. The highest BCUT2D eigenvalue weighted by atomic mass is 16.5. The van der Waals surface area contributed by atoms with E-state index in [9.17, 15) is 43.2 Å². The van der Waals surface area contributed by atoms with Crippen LogP contribution in [0.4, 0.5) is 15.3 Å². The SMILES string of the molecule is CCCC(NC(=O)C1C[C@@H](NC(=O)Nc2ccc(C(C)=O)cc2)CN1C(=O)[C@@H](NC(=O)OCC(C)C)C1CCCCC1)C(=O)C(=O)NCC(=O)N[C@H](C(N)=O)c1ccccc1. The van der Waals surface area contributed by atoms with Gasteiger partial charge in [0.25, 0.3) is 5.91 Å². The molecule has 1 aliphatic carbocycles. The highest BCUT2D eigenvalue weighted by Crippen LogP contribution is 2.30. The van der Waals surface area contributed by atoms with Crippen LogP contribution in [0.3, 0.4) is 0 Å². The fourth-order valence-corrected chi connectivity index (χ4v) is 7.42. The first-order valence-electron chi connectivity index (χ1n) is 20.8. The van der Waals surface area contributed by atoms with Crippen molar-refractivity contribution in [1.29, 1.82) is 0 Å². The van der Waals surface area contributed by atoms with Crippen molar-refractivity contribution in [3.63, 3.8) is 0 Å². The molecule has 1 aliphatic heterocycles. The molecular weight excluding hydrogens is 789 g/mol. The van der Waals surface area contributed by atoms with Gasteiger partial charge in [-0.15, -0.1) is 0 Å². The lowest BCUT2D eigenvalue weighted by Gasteiger charge is -2.34. The van der Waals surface area contributed by atoms with Crippen LogP contribution in [0, 0.1) is 11.8 Å². The summed E-state index contributed by atoms with van der Waals surface area (Å²) in [4.78, 5) is 119. The molecule has 2 aromatic carbocycles. The summed E-state index contributed by atoms with van der Waals surface area (Å²) in [6.07, 6.45) is 3.47. The van der Waals surface area contributed by atoms with Crippen LogP contribution in [0.25, 0.3) is 0 Å². The molecule has 0 spiro atoms. The molecule has 0 radical (unpaired) electrons. The standard InChI is InChI=1S/C43H58N8O10/c1-5-12-32(37(54)40(57)45-22-34(53)49-35(38(44)55)28-13-8-6-9-14-28)48-39(56)33-21-31(47-42(59)46-30-19-17-27(18-20-30)26(4)52)23-51(33)41(58)36(29-15-10-7-11-16-29)50-43(60)61-24-25(2)3/h6,8-9,13-14,17-20,25,29,31-33,35-36H,5,7,10-12,15-16,21-24H2,1-4H3,(H2,44,55)(H,45,57)(H,48,56)(H,49,53)(H,50,60)(H2,46,47,59)/t31-,32?,33?,35+,36+/m1/s1. The minimum absolute atomic E-state index is 0.0308. The Balaban J connectivity index is 1.51. The van der Waals surface area contributed by atoms with E-state index in [1.165, 1.54) is 11.8 Å². The summed E-state index contributed by atoms with van der Waals surface area (Å²) in [6.45, 7) is 6.23. The number of Topliss-reactive ketones (excluding diaryl/α,β-unsaturated/α-hetero) is 2. The molecule has 2 aromatic rings. The maximum absolute atomic E-state index is 14.6. The zero-order valence-electron chi connectivity index (χ0n) is 35.1. The van der Waals surface area contributed by atoms with E-state index < -0.39 is 84.2 Å². The van der Waals surface area contributed by atoms with Crippen molar-refractivity contribution in [2.45, 2.75) is 109 Å². The Labute approximate surface area is 355 Å². The van der Waals surface area contributed by atoms with Gasteiger partial charge in [0.2, 0.25) is 29.4 Å². The van der Waals surface area contributed by atoms with Gasteiger partial charge >= 0.3 is 12.1 Å². The molecule has 61 heavy (non-hydrogen) atoms. The molecule has 0 aromatic heterocycles. The van der Waals surface area contributed by atoms with E-state index in [1.807, 2.05) is 13.8 Å². The van der Waals surface area contributed by atoms with Crippen LogP contribution in [-0.4, -0.2) is 102 Å². The van der Waals surface area contributed by atoms with E-state index >= 15 is 0 Å². The smallest absolute Gasteiger partial charge is 0.407 e. The van der Waals surface area contributed by atoms with Crippen molar-refractivity contribution in [3.05, 3.63) is 65.7 Å². The second kappa shape index (κ2) is 22.9. The van der Waals surface area contributed by atoms with Crippen LogP contribution in [0.15, 0.2) is 54.6 Å². The summed E-state index contributed by atoms with van der Waals surface area (Å²) in [5, 5.41) is 15.5. The molecular formula is C43H58N8O10. The minimum Gasteiger partial charge on any atom is -0.449 e. The van der Waals surface area contributed by atoms with Crippen LogP contribution in [0.2, 0.25) is 0 Å². The number of carbonyl (C=O) groups excluding carboxylic acids is 9. The number of carbonyl (C=O) groups is 9. The second-order valence-corrected chi connectivity index (χ2v) is 15.9. The van der Waals surface area contributed by atoms with E-state index in [0.29, 0.717) is 36.1 Å². The Kier molecular flexibility index (Phi) is 17.8. The Morgan fingerprint density at radius 1 is 0.869 bits per heavy atom. The molecule has 330 valence electrons. The largest absolute Gasteiger partial charge is 0.449 e. The van der Waals surface area contributed by atoms with Crippen LogP contribution in [-0.2, 0) is 33.5 Å². The number of nitrogens with one attached hydrogen (secondary N) is 6. The number of hydrogen-bond donors (Lipinski definition) is 7. The van der Waals surface area contributed by atoms with Gasteiger partial charge in [-0.2, -0.15) is 0 Å². The highest BCUT2D eigenvalue weighted by molar-refractivity contribution is 6.38. The van der Waals surface area contributed by atoms with Gasteiger partial charge in [0.05, 0.1) is 25.2 Å². The monoisotopic (exact) mass is 846 g/mol. The normalized spacial score (nSPS) is 17.8. The summed E-state index contributed by atoms with van der Waals surface area (Å²) in [6, 6.07) is 8.22. The Morgan fingerprint density at radius 2 is 1.54 bits per heavy atom. The van der Waals surface area contributed by atoms with Crippen molar-refractivity contribution >= 4 is 58.9 Å². The van der Waals surface area contributed by atoms with Crippen molar-refractivity contribution in [2.75, 3.05) is 25.0 Å². The van der Waals surface area contributed by atoms with Gasteiger partial charge in [0, 0.05) is 17.8 Å². The number of urea groups is 1. The second-order valence-electron chi connectivity index (χ2n) is 15.9. The maximum atomic E-state index is 14.6. The number of ether oxygens (including phenoxy) is 1. The summed E-state index contributed by atoms with van der Waals surface area (Å²) in [5.74, 6) is -5.55. The van der Waals surface area contributed by atoms with Gasteiger partial charge < -0.3 is 47.3 Å². The Bertz CT molecular complexity index is 1900. The van der Waals surface area contributed by atoms with Gasteiger partial charge in [-0.25, -0.2) is 9.59 Å². The lowest BCUT2D eigenvalue weighted by molar-refractivity contribution is -0.143. The molecule has 1 heterocycles. The van der Waals surface area contributed by atoms with E-state index in [1.54, 1.807) is 61.5 Å². The van der Waals surface area contributed by atoms with E-state index in [2.05, 4.69) is 31.9 Å². The minimum atomic E-state index is -1.35. The van der Waals surface area contributed by atoms with Gasteiger partial charge in [0.15, 0.2) is 5.78 Å². The number of hydrogen-bond acceptors (Lipinski definition) is 10. The van der Waals surface area contributed by atoms with Crippen LogP contribution >= 0.6 is 0 Å². The topological polar surface area (TPSA) is 264 Å². The van der Waals surface area contributed by atoms with Crippen molar-refractivity contribution < 1.29 is 47.9 Å². The van der Waals surface area contributed by atoms with E-state index in [-0.39, 0.29) is 43.6 Å². The summed E-state index contributed by atoms with van der Waals surface area (Å²) in [7, 11) is 0. The fourth-order valence-electron chi connectivity index (χ4n) is 7.42. The Morgan fingerprint density at radius 3 is 2.15 bits per heavy atom. The third kappa shape index (κ3) is 14.1. The highest BCUT2D eigenvalue weighted by Gasteiger charge is 2.45. The van der Waals surface area contributed by atoms with Crippen molar-refractivity contribution in [3.8, 4) is 0 Å². The van der Waals surface area contributed by atoms with Crippen LogP contribution in [0.1, 0.15) is 101 Å². The van der Waals surface area contributed by atoms with Crippen LogP contribution in [0.5, 0.6) is 0 Å². The van der Waals surface area contributed by atoms with Crippen molar-refractivity contribution in [1.82, 2.24) is 31.5 Å². The average molecular weight is 847 g/mol. The zero-order chi connectivity index (χ0) is 44.6. The zero-order valence-corrected chi connectivity index (χ0v) is 35.1. The quantitative estimate of drug-likeness (QED) is 0.0803. The summed E-state index contributed by atoms with van der Waals surface area (Å²) < 4.78 is 5.37. The van der Waals surface area contributed by atoms with E-state index in [4.69, 9.17) is 10.5 Å². The number of nitrogens with zero attached hydrogens (tertiary/aromatic N) is 1. The number of ketones is 2. The number of primary amides is 1. The third-order valence-corrected chi connectivity index (χ3v) is 10.5. The first-order chi connectivity index (χ1) is 29.1. The average Bonchev–Trinajstić information content (AvgIpc) is 3.66. The number of benzene rings is 2. The predicted octanol–water partition coefficient (Wildman–Crippen LogP) is 2.62. The van der Waals surface area contributed by atoms with Gasteiger partial charge in [-0.05, 0) is 74.3 Å². The lowest BCUT2D eigenvalue weighted by atomic mass is 9.83. The molecule has 0 bridgehead atoms. The van der Waals surface area contributed by atoms with Gasteiger partial charge in [0.1, 0.15) is 18.1 Å². The molecule has 1 saturated heterocycles. The first-order valence-corrected chi connectivity index (χ1v) is 20.8. The fraction of sp³-hybridized carbons (Fsp3) is 0.512. The van der Waals surface area contributed by atoms with Crippen molar-refractivity contribution in [2.24, 2.45) is 17.6 Å². The summed E-state index contributed by atoms with van der Waals surface area (Å²) >= 11 is 0. The number of alkyl carbamates (subject to hydrolysis) is 1. The molecule has 1 saturated carbocycles. The molecule has 4 rings (SSSR count). The molecule has 18 nitrogen and oxygen atoms in total. The molecule has 5 atom stereocenters. The summed E-state index contributed by atoms with van der Waals surface area (Å²) in [5.41, 5.74) is 6.75. The predicted molar refractivity (Wildman–Crippen MR) is 224 cm³/mol. The number of nitrogens with two attached hydrogens (primary N) is 1. The molecule has 2 fully saturated rings. The van der Waals surface area contributed by atoms with Crippen LogP contribution < -0.4 is 37.6 Å². The lowest BCUT2D eigenvalue weighted by Crippen LogP contribution is -2.58. The number of rotatable bonds is 19. The van der Waals surface area contributed by atoms with Gasteiger partial charge in [-0.3, -0.25) is 33.6 Å². The molecule has 2 aliphatic rings. The first kappa shape index (κ1) is 47.3. The van der Waals surface area contributed by atoms with E-state index in [0.717, 1.165) is 19.3 Å². The number of anilines is 1. The Hall–Kier alpha value is -6.33. The number of likely N-dealkylation sites (tertiary alicyclic amines) is 1.